The summed E-state index contributed by atoms with van der Waals surface area (Å²) in [4.78, 5) is 27.3. The predicted octanol–water partition coefficient (Wildman–Crippen LogP) is 5.56. The van der Waals surface area contributed by atoms with E-state index in [0.29, 0.717) is 22.2 Å². The van der Waals surface area contributed by atoms with Crippen LogP contribution in [0.15, 0.2) is 48.5 Å². The number of unbranched alkanes of at least 4 members (excludes halogenated alkanes) is 1. The van der Waals surface area contributed by atoms with E-state index in [1.165, 1.54) is 11.8 Å². The Balaban J connectivity index is 2.10. The van der Waals surface area contributed by atoms with Crippen molar-refractivity contribution in [2.24, 2.45) is 0 Å². The molecule has 2 aromatic carbocycles. The lowest BCUT2D eigenvalue weighted by Crippen LogP contribution is -2.48. The van der Waals surface area contributed by atoms with Crippen LogP contribution in [0, 0.1) is 0 Å². The van der Waals surface area contributed by atoms with Crippen molar-refractivity contribution in [3.8, 4) is 0 Å². The predicted molar refractivity (Wildman–Crippen MR) is 127 cm³/mol. The first-order chi connectivity index (χ1) is 14.4. The summed E-state index contributed by atoms with van der Waals surface area (Å²) in [7, 11) is 0. The average molecular weight is 467 g/mol. The van der Waals surface area contributed by atoms with Gasteiger partial charge < -0.3 is 10.2 Å². The van der Waals surface area contributed by atoms with Crippen LogP contribution in [0.3, 0.4) is 0 Å². The zero-order valence-electron chi connectivity index (χ0n) is 17.4. The average Bonchev–Trinajstić information content (AvgIpc) is 2.74. The molecular formula is C23H28Cl2N2O2S. The molecule has 0 saturated carbocycles. The van der Waals surface area contributed by atoms with Crippen molar-refractivity contribution in [1.29, 1.82) is 0 Å². The molecule has 4 nitrogen and oxygen atoms in total. The molecule has 162 valence electrons. The van der Waals surface area contributed by atoms with Crippen molar-refractivity contribution in [3.05, 3.63) is 69.7 Å². The van der Waals surface area contributed by atoms with Gasteiger partial charge in [0.15, 0.2) is 0 Å². The maximum atomic E-state index is 13.1. The number of nitrogens with zero attached hydrogens (tertiary/aromatic N) is 1. The Morgan fingerprint density at radius 2 is 1.73 bits per heavy atom. The number of amides is 2. The lowest BCUT2D eigenvalue weighted by molar-refractivity contribution is -0.138. The maximum Gasteiger partial charge on any atom is 0.242 e. The molecule has 1 N–H and O–H groups in total. The summed E-state index contributed by atoms with van der Waals surface area (Å²) in [5.74, 6) is 0.701. The fourth-order valence-corrected chi connectivity index (χ4v) is 4.27. The van der Waals surface area contributed by atoms with E-state index < -0.39 is 6.04 Å². The molecule has 0 aromatic heterocycles. The van der Waals surface area contributed by atoms with E-state index in [9.17, 15) is 9.59 Å². The smallest absolute Gasteiger partial charge is 0.242 e. The Morgan fingerprint density at radius 1 is 1.07 bits per heavy atom. The van der Waals surface area contributed by atoms with Gasteiger partial charge in [0.2, 0.25) is 11.8 Å². The quantitative estimate of drug-likeness (QED) is 0.440. The van der Waals surface area contributed by atoms with Crippen LogP contribution in [0.5, 0.6) is 0 Å². The summed E-state index contributed by atoms with van der Waals surface area (Å²) in [5.41, 5.74) is 1.80. The second kappa shape index (κ2) is 12.9. The summed E-state index contributed by atoms with van der Waals surface area (Å²) in [6, 6.07) is 14.6. The number of nitrogens with one attached hydrogen (secondary N) is 1. The van der Waals surface area contributed by atoms with Crippen LogP contribution in [0.1, 0.15) is 37.8 Å². The highest BCUT2D eigenvalue weighted by Gasteiger charge is 2.27. The second-order valence-corrected chi connectivity index (χ2v) is 8.82. The van der Waals surface area contributed by atoms with Crippen molar-refractivity contribution >= 4 is 46.8 Å². The number of halogens is 2. The van der Waals surface area contributed by atoms with Gasteiger partial charge in [-0.05, 0) is 31.0 Å². The number of thioether (sulfide) groups is 1. The van der Waals surface area contributed by atoms with E-state index in [-0.39, 0.29) is 24.1 Å². The zero-order valence-corrected chi connectivity index (χ0v) is 19.7. The third kappa shape index (κ3) is 7.53. The highest BCUT2D eigenvalue weighted by Crippen LogP contribution is 2.27. The molecule has 2 rings (SSSR count). The van der Waals surface area contributed by atoms with Gasteiger partial charge in [0.05, 0.1) is 5.75 Å². The van der Waals surface area contributed by atoms with Crippen LogP contribution in [0.2, 0.25) is 10.0 Å². The molecule has 0 saturated heterocycles. The summed E-state index contributed by atoms with van der Waals surface area (Å²) >= 11 is 14.2. The van der Waals surface area contributed by atoms with E-state index in [1.54, 1.807) is 30.0 Å². The Labute approximate surface area is 193 Å². The Bertz CT molecular complexity index is 813. The Hall–Kier alpha value is -1.69. The number of benzene rings is 2. The van der Waals surface area contributed by atoms with Crippen LogP contribution in [-0.2, 0) is 21.9 Å². The van der Waals surface area contributed by atoms with E-state index in [1.807, 2.05) is 30.3 Å². The van der Waals surface area contributed by atoms with Crippen molar-refractivity contribution < 1.29 is 9.59 Å². The van der Waals surface area contributed by atoms with Gasteiger partial charge in [0, 0.05) is 34.5 Å². The summed E-state index contributed by atoms with van der Waals surface area (Å²) < 4.78 is 0. The molecule has 0 aliphatic heterocycles. The van der Waals surface area contributed by atoms with Crippen LogP contribution in [0.4, 0.5) is 0 Å². The normalized spacial score (nSPS) is 11.7. The van der Waals surface area contributed by atoms with Crippen LogP contribution in [0.25, 0.3) is 0 Å². The molecule has 7 heteroatoms. The van der Waals surface area contributed by atoms with Gasteiger partial charge in [-0.25, -0.2) is 0 Å². The molecule has 0 radical (unpaired) electrons. The summed E-state index contributed by atoms with van der Waals surface area (Å²) in [6.45, 7) is 4.59. The fourth-order valence-electron chi connectivity index (χ4n) is 2.89. The highest BCUT2D eigenvalue weighted by atomic mass is 35.5. The molecule has 0 unspecified atom stereocenters. The Morgan fingerprint density at radius 3 is 2.37 bits per heavy atom. The number of carbonyl (C=O) groups is 2. The van der Waals surface area contributed by atoms with Gasteiger partial charge in [-0.3, -0.25) is 9.59 Å². The number of rotatable bonds is 11. The van der Waals surface area contributed by atoms with Gasteiger partial charge in [-0.1, -0.05) is 72.9 Å². The van der Waals surface area contributed by atoms with E-state index in [2.05, 4.69) is 12.2 Å². The fraction of sp³-hybridized carbons (Fsp3) is 0.391. The number of carbonyl (C=O) groups excluding carboxylic acids is 2. The van der Waals surface area contributed by atoms with E-state index >= 15 is 0 Å². The first kappa shape index (κ1) is 24.6. The minimum atomic E-state index is -0.626. The SMILES string of the molecule is CCCCNC(=O)[C@H](C)N(Cc1c(Cl)cccc1Cl)C(=O)CSCc1ccccc1. The third-order valence-corrected chi connectivity index (χ3v) is 6.42. The van der Waals surface area contributed by atoms with Gasteiger partial charge >= 0.3 is 0 Å². The minimum Gasteiger partial charge on any atom is -0.354 e. The van der Waals surface area contributed by atoms with Gasteiger partial charge in [0.25, 0.3) is 0 Å². The molecule has 0 aliphatic carbocycles. The highest BCUT2D eigenvalue weighted by molar-refractivity contribution is 7.99. The molecule has 0 fully saturated rings. The number of hydrogen-bond acceptors (Lipinski definition) is 3. The number of hydrogen-bond donors (Lipinski definition) is 1. The maximum absolute atomic E-state index is 13.1. The van der Waals surface area contributed by atoms with Crippen molar-refractivity contribution in [1.82, 2.24) is 10.2 Å². The lowest BCUT2D eigenvalue weighted by Gasteiger charge is -2.29. The molecule has 1 atom stereocenters. The van der Waals surface area contributed by atoms with Crippen molar-refractivity contribution in [2.75, 3.05) is 12.3 Å². The Kier molecular flexibility index (Phi) is 10.6. The topological polar surface area (TPSA) is 49.4 Å². The molecule has 2 aromatic rings. The van der Waals surface area contributed by atoms with Crippen LogP contribution >= 0.6 is 35.0 Å². The largest absolute Gasteiger partial charge is 0.354 e. The second-order valence-electron chi connectivity index (χ2n) is 7.02. The standard InChI is InChI=1S/C23H28Cl2N2O2S/c1-3-4-13-26-23(29)17(2)27(14-19-20(24)11-8-12-21(19)25)22(28)16-30-15-18-9-6-5-7-10-18/h5-12,17H,3-4,13-16H2,1-2H3,(H,26,29)/t17-/m0/s1. The van der Waals surface area contributed by atoms with Crippen molar-refractivity contribution in [2.45, 2.75) is 45.0 Å². The first-order valence-electron chi connectivity index (χ1n) is 10.1. The van der Waals surface area contributed by atoms with Crippen LogP contribution in [-0.4, -0.2) is 35.1 Å². The molecule has 0 bridgehead atoms. The molecule has 0 aliphatic rings. The monoisotopic (exact) mass is 466 g/mol. The minimum absolute atomic E-state index is 0.120. The molecule has 0 spiro atoms. The summed E-state index contributed by atoms with van der Waals surface area (Å²) in [5, 5.41) is 3.87. The first-order valence-corrected chi connectivity index (χ1v) is 12.0. The van der Waals surface area contributed by atoms with Gasteiger partial charge in [0.1, 0.15) is 6.04 Å². The van der Waals surface area contributed by atoms with Crippen LogP contribution < -0.4 is 5.32 Å². The molecule has 2 amide bonds. The third-order valence-electron chi connectivity index (χ3n) is 4.72. The molecular weight excluding hydrogens is 439 g/mol. The molecule has 0 heterocycles. The summed E-state index contributed by atoms with van der Waals surface area (Å²) in [6.07, 6.45) is 1.89. The zero-order chi connectivity index (χ0) is 21.9. The lowest BCUT2D eigenvalue weighted by atomic mass is 10.1. The van der Waals surface area contributed by atoms with E-state index in [4.69, 9.17) is 23.2 Å². The van der Waals surface area contributed by atoms with Gasteiger partial charge in [-0.2, -0.15) is 0 Å². The molecule has 30 heavy (non-hydrogen) atoms. The van der Waals surface area contributed by atoms with Crippen molar-refractivity contribution in [3.63, 3.8) is 0 Å². The van der Waals surface area contributed by atoms with E-state index in [0.717, 1.165) is 24.2 Å². The van der Waals surface area contributed by atoms with Gasteiger partial charge in [-0.15, -0.1) is 11.8 Å².